The zero-order valence-electron chi connectivity index (χ0n) is 18.1. The predicted octanol–water partition coefficient (Wildman–Crippen LogP) is 3.45. The molecule has 158 valence electrons. The molecule has 1 aliphatic heterocycles. The molecule has 0 atom stereocenters. The number of piperazine rings is 1. The summed E-state index contributed by atoms with van der Waals surface area (Å²) in [4.78, 5) is 12.1. The van der Waals surface area contributed by atoms with Crippen molar-refractivity contribution in [3.63, 3.8) is 0 Å². The van der Waals surface area contributed by atoms with Crippen LogP contribution in [0, 0.1) is 13.8 Å². The first-order chi connectivity index (χ1) is 14.9. The number of nitrogens with one attached hydrogen (secondary N) is 1. The molecule has 7 nitrogen and oxygen atoms in total. The van der Waals surface area contributed by atoms with Gasteiger partial charge in [0.1, 0.15) is 5.75 Å². The lowest BCUT2D eigenvalue weighted by Crippen LogP contribution is -2.52. The highest BCUT2D eigenvalue weighted by molar-refractivity contribution is 5.92. The van der Waals surface area contributed by atoms with E-state index in [1.165, 1.54) is 18.5 Å². The van der Waals surface area contributed by atoms with Crippen LogP contribution in [0.25, 0.3) is 33.2 Å². The van der Waals surface area contributed by atoms with Crippen LogP contribution in [0.4, 0.5) is 5.69 Å². The van der Waals surface area contributed by atoms with Crippen molar-refractivity contribution >= 4 is 27.5 Å². The van der Waals surface area contributed by atoms with Gasteiger partial charge >= 0.3 is 0 Å². The SMILES string of the molecule is Cc1nc(-c2cc3cn(C)nc3c(C)c2O)nc2ccc(N3CCNC4(CC4)C3)cc12. The maximum Gasteiger partial charge on any atom is 0.163 e. The molecule has 0 radical (unpaired) electrons. The number of hydrogen-bond donors (Lipinski definition) is 2. The molecule has 0 bridgehead atoms. The first-order valence-corrected chi connectivity index (χ1v) is 10.9. The van der Waals surface area contributed by atoms with E-state index in [4.69, 9.17) is 9.97 Å². The third-order valence-corrected chi connectivity index (χ3v) is 6.83. The molecule has 1 spiro atoms. The molecular weight excluding hydrogens is 388 g/mol. The molecule has 4 aromatic rings. The van der Waals surface area contributed by atoms with Crippen molar-refractivity contribution in [2.75, 3.05) is 24.5 Å². The number of aryl methyl sites for hydroxylation is 3. The molecule has 2 aromatic carbocycles. The topological polar surface area (TPSA) is 79.1 Å². The minimum Gasteiger partial charge on any atom is -0.507 e. The number of fused-ring (bicyclic) bond motifs is 2. The fraction of sp³-hybridized carbons (Fsp3) is 0.375. The molecule has 1 saturated heterocycles. The molecule has 1 aliphatic carbocycles. The van der Waals surface area contributed by atoms with E-state index in [2.05, 4.69) is 33.5 Å². The summed E-state index contributed by atoms with van der Waals surface area (Å²) in [6, 6.07) is 8.38. The van der Waals surface area contributed by atoms with Crippen molar-refractivity contribution in [1.29, 1.82) is 0 Å². The van der Waals surface area contributed by atoms with Crippen molar-refractivity contribution in [2.45, 2.75) is 32.2 Å². The molecule has 1 saturated carbocycles. The molecule has 2 N–H and O–H groups in total. The Hall–Kier alpha value is -3.19. The number of benzene rings is 2. The van der Waals surface area contributed by atoms with Crippen LogP contribution in [-0.2, 0) is 7.05 Å². The van der Waals surface area contributed by atoms with Crippen molar-refractivity contribution in [3.8, 4) is 17.1 Å². The predicted molar refractivity (Wildman–Crippen MR) is 123 cm³/mol. The largest absolute Gasteiger partial charge is 0.507 e. The molecule has 3 heterocycles. The standard InChI is InChI=1S/C24H26N6O/c1-14-21-16(12-29(3)28-21)10-19(22(14)31)23-26-15(2)18-11-17(4-5-20(18)27-23)30-9-8-25-24(13-30)6-7-24/h4-5,10-12,25,31H,6-9,13H2,1-3H3. The Balaban J connectivity index is 1.43. The van der Waals surface area contributed by atoms with E-state index in [1.54, 1.807) is 4.68 Å². The molecule has 7 heteroatoms. The average Bonchev–Trinajstić information content (AvgIpc) is 3.38. The maximum absolute atomic E-state index is 10.8. The summed E-state index contributed by atoms with van der Waals surface area (Å²) in [6.07, 6.45) is 4.49. The summed E-state index contributed by atoms with van der Waals surface area (Å²) >= 11 is 0. The molecule has 31 heavy (non-hydrogen) atoms. The summed E-state index contributed by atoms with van der Waals surface area (Å²) in [5.41, 5.74) is 5.57. The second-order valence-corrected chi connectivity index (χ2v) is 9.10. The van der Waals surface area contributed by atoms with Crippen LogP contribution >= 0.6 is 0 Å². The summed E-state index contributed by atoms with van der Waals surface area (Å²) in [5.74, 6) is 0.736. The van der Waals surface area contributed by atoms with E-state index in [9.17, 15) is 5.11 Å². The zero-order valence-corrected chi connectivity index (χ0v) is 18.1. The first-order valence-electron chi connectivity index (χ1n) is 10.9. The van der Waals surface area contributed by atoms with Gasteiger partial charge in [-0.1, -0.05) is 0 Å². The van der Waals surface area contributed by atoms with Gasteiger partial charge in [-0.25, -0.2) is 9.97 Å². The van der Waals surface area contributed by atoms with Gasteiger partial charge in [0, 0.05) is 66.1 Å². The van der Waals surface area contributed by atoms with Crippen molar-refractivity contribution in [2.24, 2.45) is 7.05 Å². The van der Waals surface area contributed by atoms with E-state index in [1.807, 2.05) is 33.2 Å². The number of aromatic hydroxyl groups is 1. The fourth-order valence-corrected chi connectivity index (χ4v) is 4.86. The molecule has 2 aliphatic rings. The van der Waals surface area contributed by atoms with E-state index in [0.29, 0.717) is 16.9 Å². The Labute approximate surface area is 180 Å². The normalized spacial score (nSPS) is 17.7. The fourth-order valence-electron chi connectivity index (χ4n) is 4.86. The second kappa shape index (κ2) is 6.40. The molecule has 6 rings (SSSR count). The summed E-state index contributed by atoms with van der Waals surface area (Å²) in [7, 11) is 1.88. The van der Waals surface area contributed by atoms with E-state index >= 15 is 0 Å². The summed E-state index contributed by atoms with van der Waals surface area (Å²) in [5, 5.41) is 21.0. The van der Waals surface area contributed by atoms with Crippen LogP contribution in [0.1, 0.15) is 24.1 Å². The molecule has 0 amide bonds. The highest BCUT2D eigenvalue weighted by Gasteiger charge is 2.45. The number of hydrogen-bond acceptors (Lipinski definition) is 6. The Kier molecular flexibility index (Phi) is 3.84. The van der Waals surface area contributed by atoms with Gasteiger partial charge < -0.3 is 15.3 Å². The number of aromatic nitrogens is 4. The van der Waals surface area contributed by atoms with Crippen molar-refractivity contribution < 1.29 is 5.11 Å². The summed E-state index contributed by atoms with van der Waals surface area (Å²) in [6.45, 7) is 7.01. The minimum atomic E-state index is 0.192. The first kappa shape index (κ1) is 18.6. The van der Waals surface area contributed by atoms with Crippen LogP contribution in [0.2, 0.25) is 0 Å². The Morgan fingerprint density at radius 1 is 1.13 bits per heavy atom. The third kappa shape index (κ3) is 2.95. The van der Waals surface area contributed by atoms with Crippen LogP contribution in [0.3, 0.4) is 0 Å². The van der Waals surface area contributed by atoms with Gasteiger partial charge in [0.25, 0.3) is 0 Å². The number of rotatable bonds is 2. The van der Waals surface area contributed by atoms with Gasteiger partial charge in [0.2, 0.25) is 0 Å². The van der Waals surface area contributed by atoms with E-state index < -0.39 is 0 Å². The zero-order chi connectivity index (χ0) is 21.3. The van der Waals surface area contributed by atoms with Crippen LogP contribution in [0.15, 0.2) is 30.5 Å². The Morgan fingerprint density at radius 3 is 2.77 bits per heavy atom. The lowest BCUT2D eigenvalue weighted by Gasteiger charge is -2.35. The molecular formula is C24H26N6O. The average molecular weight is 415 g/mol. The number of nitrogens with zero attached hydrogens (tertiary/aromatic N) is 5. The number of anilines is 1. The number of phenolic OH excluding ortho intramolecular Hbond substituents is 1. The third-order valence-electron chi connectivity index (χ3n) is 6.83. The lowest BCUT2D eigenvalue weighted by atomic mass is 10.0. The monoisotopic (exact) mass is 414 g/mol. The summed E-state index contributed by atoms with van der Waals surface area (Å²) < 4.78 is 1.76. The van der Waals surface area contributed by atoms with Gasteiger partial charge in [0.15, 0.2) is 5.82 Å². The second-order valence-electron chi connectivity index (χ2n) is 9.10. The van der Waals surface area contributed by atoms with Crippen molar-refractivity contribution in [3.05, 3.63) is 41.7 Å². The quantitative estimate of drug-likeness (QED) is 0.523. The maximum atomic E-state index is 10.8. The molecule has 0 unspecified atom stereocenters. The van der Waals surface area contributed by atoms with Crippen LogP contribution in [-0.4, -0.2) is 50.0 Å². The Bertz CT molecular complexity index is 1350. The van der Waals surface area contributed by atoms with Gasteiger partial charge in [-0.05, 0) is 51.0 Å². The Morgan fingerprint density at radius 2 is 1.97 bits per heavy atom. The highest BCUT2D eigenvalue weighted by atomic mass is 16.3. The molecule has 2 aromatic heterocycles. The van der Waals surface area contributed by atoms with E-state index in [-0.39, 0.29) is 5.75 Å². The number of phenols is 1. The lowest BCUT2D eigenvalue weighted by molar-refractivity contribution is 0.442. The van der Waals surface area contributed by atoms with Gasteiger partial charge in [-0.2, -0.15) is 5.10 Å². The van der Waals surface area contributed by atoms with Gasteiger partial charge in [0.05, 0.1) is 16.6 Å². The van der Waals surface area contributed by atoms with Gasteiger partial charge in [-0.3, -0.25) is 4.68 Å². The highest BCUT2D eigenvalue weighted by Crippen LogP contribution is 2.40. The minimum absolute atomic E-state index is 0.192. The smallest absolute Gasteiger partial charge is 0.163 e. The molecule has 2 fully saturated rings. The van der Waals surface area contributed by atoms with Crippen molar-refractivity contribution in [1.82, 2.24) is 25.1 Å². The van der Waals surface area contributed by atoms with Gasteiger partial charge in [-0.15, -0.1) is 0 Å². The van der Waals surface area contributed by atoms with Crippen LogP contribution in [0.5, 0.6) is 5.75 Å². The van der Waals surface area contributed by atoms with Crippen LogP contribution < -0.4 is 10.2 Å². The van der Waals surface area contributed by atoms with E-state index in [0.717, 1.165) is 52.7 Å².